The van der Waals surface area contributed by atoms with E-state index in [1.165, 1.54) is 11.8 Å². The topological polar surface area (TPSA) is 86.9 Å². The van der Waals surface area contributed by atoms with E-state index in [4.69, 9.17) is 8.83 Å². The Balaban J connectivity index is 1.62. The number of aromatic nitrogens is 4. The lowest BCUT2D eigenvalue weighted by Gasteiger charge is -2.10. The van der Waals surface area contributed by atoms with Crippen molar-refractivity contribution in [1.29, 1.82) is 0 Å². The van der Waals surface area contributed by atoms with Gasteiger partial charge in [-0.25, -0.2) is 4.98 Å². The Morgan fingerprint density at radius 2 is 2.04 bits per heavy atom. The lowest BCUT2D eigenvalue weighted by Crippen LogP contribution is -2.22. The van der Waals surface area contributed by atoms with Crippen LogP contribution in [0.5, 0.6) is 0 Å². The van der Waals surface area contributed by atoms with E-state index >= 15 is 0 Å². The molecule has 0 N–H and O–H groups in total. The molecule has 0 unspecified atom stereocenters. The van der Waals surface area contributed by atoms with Crippen LogP contribution in [0.15, 0.2) is 61.4 Å². The Morgan fingerprint density at radius 1 is 1.16 bits per heavy atom. The lowest BCUT2D eigenvalue weighted by atomic mass is 10.2. The first kappa shape index (κ1) is 15.6. The summed E-state index contributed by atoms with van der Waals surface area (Å²) < 4.78 is 12.5. The van der Waals surface area contributed by atoms with Crippen LogP contribution in [0, 0.1) is 0 Å². The minimum absolute atomic E-state index is 0.0441. The van der Waals surface area contributed by atoms with Crippen LogP contribution < -0.4 is 5.56 Å². The summed E-state index contributed by atoms with van der Waals surface area (Å²) >= 11 is 1.39. The largest absolute Gasteiger partial charge is 0.459 e. The van der Waals surface area contributed by atoms with Gasteiger partial charge in [-0.05, 0) is 31.2 Å². The zero-order valence-corrected chi connectivity index (χ0v) is 14.2. The normalized spacial score (nSPS) is 11.2. The SMILES string of the molecule is CCn1c(SCc2nnc(-c3ccco3)o2)nc2ccccc2c1=O. The summed E-state index contributed by atoms with van der Waals surface area (Å²) in [6, 6.07) is 10.8. The second kappa shape index (κ2) is 6.56. The van der Waals surface area contributed by atoms with E-state index in [1.807, 2.05) is 25.1 Å². The predicted octanol–water partition coefficient (Wildman–Crippen LogP) is 3.35. The van der Waals surface area contributed by atoms with Crippen LogP contribution in [0.1, 0.15) is 12.8 Å². The third-order valence-electron chi connectivity index (χ3n) is 3.67. The van der Waals surface area contributed by atoms with Crippen LogP contribution in [0.3, 0.4) is 0 Å². The van der Waals surface area contributed by atoms with Gasteiger partial charge in [0, 0.05) is 6.54 Å². The van der Waals surface area contributed by atoms with E-state index in [1.54, 1.807) is 29.0 Å². The van der Waals surface area contributed by atoms with E-state index in [-0.39, 0.29) is 5.56 Å². The third kappa shape index (κ3) is 2.96. The minimum atomic E-state index is -0.0441. The standard InChI is InChI=1S/C17H14N4O3S/c1-2-21-16(22)11-6-3-4-7-12(11)18-17(21)25-10-14-19-20-15(24-14)13-8-5-9-23-13/h3-9H,2,10H2,1H3. The number of nitrogens with zero attached hydrogens (tertiary/aromatic N) is 4. The van der Waals surface area contributed by atoms with Crippen molar-refractivity contribution >= 4 is 22.7 Å². The first-order valence-corrected chi connectivity index (χ1v) is 8.73. The van der Waals surface area contributed by atoms with Crippen LogP contribution in [0.4, 0.5) is 0 Å². The summed E-state index contributed by atoms with van der Waals surface area (Å²) in [6.45, 7) is 2.46. The molecule has 1 aromatic carbocycles. The van der Waals surface area contributed by atoms with Crippen LogP contribution in [-0.4, -0.2) is 19.7 Å². The fourth-order valence-electron chi connectivity index (χ4n) is 2.47. The maximum Gasteiger partial charge on any atom is 0.283 e. The summed E-state index contributed by atoms with van der Waals surface area (Å²) in [6.07, 6.45) is 1.55. The van der Waals surface area contributed by atoms with Gasteiger partial charge in [0.2, 0.25) is 5.89 Å². The van der Waals surface area contributed by atoms with Crippen molar-refractivity contribution in [2.75, 3.05) is 0 Å². The summed E-state index contributed by atoms with van der Waals surface area (Å²) in [5.74, 6) is 1.72. The highest BCUT2D eigenvalue weighted by atomic mass is 32.2. The quantitative estimate of drug-likeness (QED) is 0.401. The Hall–Kier alpha value is -2.87. The Morgan fingerprint density at radius 3 is 2.84 bits per heavy atom. The molecule has 0 aliphatic heterocycles. The molecule has 0 bridgehead atoms. The molecule has 3 aromatic heterocycles. The van der Waals surface area contributed by atoms with Gasteiger partial charge < -0.3 is 8.83 Å². The number of hydrogen-bond acceptors (Lipinski definition) is 7. The molecule has 25 heavy (non-hydrogen) atoms. The van der Waals surface area contributed by atoms with Crippen LogP contribution in [0.25, 0.3) is 22.6 Å². The lowest BCUT2D eigenvalue weighted by molar-refractivity contribution is 0.494. The smallest absolute Gasteiger partial charge is 0.283 e. The summed E-state index contributed by atoms with van der Waals surface area (Å²) in [4.78, 5) is 17.2. The molecule has 7 nitrogen and oxygen atoms in total. The number of hydrogen-bond donors (Lipinski definition) is 0. The van der Waals surface area contributed by atoms with Crippen LogP contribution in [-0.2, 0) is 12.3 Å². The number of thioether (sulfide) groups is 1. The van der Waals surface area contributed by atoms with E-state index in [0.29, 0.717) is 45.9 Å². The first-order valence-electron chi connectivity index (χ1n) is 7.75. The number of benzene rings is 1. The second-order valence-electron chi connectivity index (χ2n) is 5.23. The molecule has 0 saturated heterocycles. The highest BCUT2D eigenvalue weighted by molar-refractivity contribution is 7.98. The van der Waals surface area contributed by atoms with E-state index in [0.717, 1.165) is 0 Å². The van der Waals surface area contributed by atoms with Gasteiger partial charge in [-0.2, -0.15) is 0 Å². The van der Waals surface area contributed by atoms with Crippen molar-refractivity contribution in [3.63, 3.8) is 0 Å². The molecule has 3 heterocycles. The predicted molar refractivity (Wildman–Crippen MR) is 93.2 cm³/mol. The zero-order valence-electron chi connectivity index (χ0n) is 13.4. The van der Waals surface area contributed by atoms with Gasteiger partial charge in [0.05, 0.1) is 22.9 Å². The van der Waals surface area contributed by atoms with Gasteiger partial charge in [-0.15, -0.1) is 10.2 Å². The minimum Gasteiger partial charge on any atom is -0.459 e. The molecule has 0 spiro atoms. The highest BCUT2D eigenvalue weighted by Gasteiger charge is 2.14. The molecule has 4 rings (SSSR count). The van der Waals surface area contributed by atoms with Crippen molar-refractivity contribution in [2.45, 2.75) is 24.4 Å². The maximum absolute atomic E-state index is 12.6. The Labute approximate surface area is 146 Å². The average Bonchev–Trinajstić information content (AvgIpc) is 3.31. The molecule has 0 fully saturated rings. The summed E-state index contributed by atoms with van der Waals surface area (Å²) in [5.41, 5.74) is 0.638. The van der Waals surface area contributed by atoms with E-state index < -0.39 is 0 Å². The molecule has 0 saturated carbocycles. The van der Waals surface area contributed by atoms with Gasteiger partial charge in [0.25, 0.3) is 11.4 Å². The molecule has 4 aromatic rings. The van der Waals surface area contributed by atoms with Crippen molar-refractivity contribution in [3.05, 3.63) is 58.9 Å². The highest BCUT2D eigenvalue weighted by Crippen LogP contribution is 2.24. The molecular weight excluding hydrogens is 340 g/mol. The zero-order chi connectivity index (χ0) is 17.2. The summed E-state index contributed by atoms with van der Waals surface area (Å²) in [5, 5.41) is 9.23. The van der Waals surface area contributed by atoms with Gasteiger partial charge in [0.1, 0.15) is 0 Å². The van der Waals surface area contributed by atoms with Crippen LogP contribution in [0.2, 0.25) is 0 Å². The second-order valence-corrected chi connectivity index (χ2v) is 6.17. The number of fused-ring (bicyclic) bond motifs is 1. The van der Waals surface area contributed by atoms with Crippen molar-refractivity contribution in [2.24, 2.45) is 0 Å². The Bertz CT molecular complexity index is 1070. The van der Waals surface area contributed by atoms with Crippen molar-refractivity contribution in [1.82, 2.24) is 19.7 Å². The average molecular weight is 354 g/mol. The molecule has 8 heteroatoms. The first-order chi connectivity index (χ1) is 12.3. The molecule has 0 amide bonds. The maximum atomic E-state index is 12.6. The third-order valence-corrected chi connectivity index (χ3v) is 4.63. The van der Waals surface area contributed by atoms with E-state index in [9.17, 15) is 4.79 Å². The molecular formula is C17H14N4O3S. The van der Waals surface area contributed by atoms with Gasteiger partial charge >= 0.3 is 0 Å². The van der Waals surface area contributed by atoms with Crippen LogP contribution >= 0.6 is 11.8 Å². The Kier molecular flexibility index (Phi) is 4.10. The molecule has 0 aliphatic rings. The number of rotatable bonds is 5. The summed E-state index contributed by atoms with van der Waals surface area (Å²) in [7, 11) is 0. The number of furan rings is 1. The molecule has 126 valence electrons. The molecule has 0 aliphatic carbocycles. The van der Waals surface area contributed by atoms with Gasteiger partial charge in [-0.3, -0.25) is 9.36 Å². The fraction of sp³-hybridized carbons (Fsp3) is 0.176. The number of para-hydroxylation sites is 1. The molecule has 0 atom stereocenters. The van der Waals surface area contributed by atoms with Crippen molar-refractivity contribution < 1.29 is 8.83 Å². The monoisotopic (exact) mass is 354 g/mol. The van der Waals surface area contributed by atoms with Crippen molar-refractivity contribution in [3.8, 4) is 11.7 Å². The fourth-order valence-corrected chi connectivity index (χ4v) is 3.37. The van der Waals surface area contributed by atoms with E-state index in [2.05, 4.69) is 15.2 Å². The van der Waals surface area contributed by atoms with Gasteiger partial charge in [0.15, 0.2) is 10.9 Å². The molecule has 0 radical (unpaired) electrons. The van der Waals surface area contributed by atoms with Gasteiger partial charge in [-0.1, -0.05) is 23.9 Å².